The molecule has 8 heteroatoms. The van der Waals surface area contributed by atoms with Crippen LogP contribution < -0.4 is 5.43 Å². The lowest BCUT2D eigenvalue weighted by Gasteiger charge is -1.98. The average Bonchev–Trinajstić information content (AvgIpc) is 3.15. The number of H-pyrrole nitrogens is 1. The van der Waals surface area contributed by atoms with Gasteiger partial charge in [0.05, 0.1) is 17.6 Å². The Balaban J connectivity index is 1.61. The molecule has 1 aromatic carbocycles. The van der Waals surface area contributed by atoms with Crippen LogP contribution >= 0.6 is 11.3 Å². The first kappa shape index (κ1) is 14.9. The largest absolute Gasteiger partial charge is 0.361 e. The van der Waals surface area contributed by atoms with Crippen molar-refractivity contribution in [3.63, 3.8) is 0 Å². The highest BCUT2D eigenvalue weighted by atomic mass is 32.1. The fourth-order valence-corrected chi connectivity index (χ4v) is 2.85. The molecule has 2 N–H and O–H groups in total. The molecule has 0 spiro atoms. The van der Waals surface area contributed by atoms with Crippen LogP contribution in [0.2, 0.25) is 0 Å². The molecule has 0 unspecified atom stereocenters. The van der Waals surface area contributed by atoms with Gasteiger partial charge >= 0.3 is 5.00 Å². The zero-order valence-corrected chi connectivity index (χ0v) is 12.7. The Kier molecular flexibility index (Phi) is 4.15. The lowest BCUT2D eigenvalue weighted by Crippen LogP contribution is -2.19. The van der Waals surface area contributed by atoms with Gasteiger partial charge in [-0.2, -0.15) is 5.10 Å². The van der Waals surface area contributed by atoms with E-state index >= 15 is 0 Å². The number of hydrazone groups is 1. The van der Waals surface area contributed by atoms with Crippen LogP contribution in [0.5, 0.6) is 0 Å². The van der Waals surface area contributed by atoms with E-state index < -0.39 is 4.92 Å². The summed E-state index contributed by atoms with van der Waals surface area (Å²) in [6, 6.07) is 9.13. The molecule has 7 nitrogen and oxygen atoms in total. The van der Waals surface area contributed by atoms with Gasteiger partial charge in [-0.1, -0.05) is 29.5 Å². The predicted molar refractivity (Wildman–Crippen MR) is 88.7 cm³/mol. The highest BCUT2D eigenvalue weighted by Crippen LogP contribution is 2.21. The second kappa shape index (κ2) is 6.41. The Bertz CT molecular complexity index is 897. The van der Waals surface area contributed by atoms with Gasteiger partial charge in [-0.3, -0.25) is 14.9 Å². The molecule has 0 saturated carbocycles. The van der Waals surface area contributed by atoms with Crippen LogP contribution in [-0.2, 0) is 11.2 Å². The van der Waals surface area contributed by atoms with Crippen LogP contribution in [-0.4, -0.2) is 22.0 Å². The summed E-state index contributed by atoms with van der Waals surface area (Å²) >= 11 is 1.01. The Morgan fingerprint density at radius 3 is 3.04 bits per heavy atom. The summed E-state index contributed by atoms with van der Waals surface area (Å²) in [7, 11) is 0. The van der Waals surface area contributed by atoms with Crippen LogP contribution in [0.4, 0.5) is 5.00 Å². The first-order chi connectivity index (χ1) is 11.1. The molecular weight excluding hydrogens is 316 g/mol. The summed E-state index contributed by atoms with van der Waals surface area (Å²) < 4.78 is 0. The third-order valence-corrected chi connectivity index (χ3v) is 4.11. The van der Waals surface area contributed by atoms with Crippen molar-refractivity contribution < 1.29 is 9.72 Å². The van der Waals surface area contributed by atoms with E-state index in [0.717, 1.165) is 27.8 Å². The molecule has 3 aromatic rings. The molecule has 0 radical (unpaired) electrons. The number of nitrogens with zero attached hydrogens (tertiary/aromatic N) is 2. The van der Waals surface area contributed by atoms with Gasteiger partial charge in [-0.05, 0) is 11.6 Å². The fourth-order valence-electron chi connectivity index (χ4n) is 2.17. The summed E-state index contributed by atoms with van der Waals surface area (Å²) in [6.45, 7) is 0. The van der Waals surface area contributed by atoms with Crippen LogP contribution in [0.3, 0.4) is 0 Å². The number of carbonyl (C=O) groups excluding carboxylic acids is 1. The van der Waals surface area contributed by atoms with E-state index in [0.29, 0.717) is 5.56 Å². The van der Waals surface area contributed by atoms with E-state index in [1.54, 1.807) is 11.6 Å². The van der Waals surface area contributed by atoms with Crippen molar-refractivity contribution >= 4 is 39.4 Å². The van der Waals surface area contributed by atoms with Gasteiger partial charge in [0.25, 0.3) is 0 Å². The molecule has 3 rings (SSSR count). The number of amides is 1. The Hall–Kier alpha value is -3.00. The summed E-state index contributed by atoms with van der Waals surface area (Å²) in [5, 5.41) is 17.0. The summed E-state index contributed by atoms with van der Waals surface area (Å²) in [5.41, 5.74) is 4.87. The monoisotopic (exact) mass is 328 g/mol. The highest BCUT2D eigenvalue weighted by Gasteiger charge is 2.09. The minimum absolute atomic E-state index is 0.0385. The second-order valence-corrected chi connectivity index (χ2v) is 5.69. The maximum Gasteiger partial charge on any atom is 0.324 e. The lowest BCUT2D eigenvalue weighted by atomic mass is 10.1. The van der Waals surface area contributed by atoms with Crippen molar-refractivity contribution in [2.45, 2.75) is 6.42 Å². The van der Waals surface area contributed by atoms with Gasteiger partial charge in [0, 0.05) is 34.1 Å². The minimum Gasteiger partial charge on any atom is -0.361 e. The van der Waals surface area contributed by atoms with Crippen LogP contribution in [0, 0.1) is 10.1 Å². The summed E-state index contributed by atoms with van der Waals surface area (Å²) in [6.07, 6.45) is 3.39. The van der Waals surface area contributed by atoms with Crippen LogP contribution in [0.1, 0.15) is 11.1 Å². The Morgan fingerprint density at radius 2 is 2.26 bits per heavy atom. The predicted octanol–water partition coefficient (Wildman–Crippen LogP) is 2.83. The molecule has 0 aliphatic rings. The van der Waals surface area contributed by atoms with E-state index in [-0.39, 0.29) is 17.3 Å². The van der Waals surface area contributed by atoms with Crippen molar-refractivity contribution in [1.82, 2.24) is 10.4 Å². The molecule has 116 valence electrons. The van der Waals surface area contributed by atoms with Gasteiger partial charge < -0.3 is 4.98 Å². The molecule has 23 heavy (non-hydrogen) atoms. The number of nitrogens with one attached hydrogen (secondary N) is 2. The van der Waals surface area contributed by atoms with E-state index in [2.05, 4.69) is 15.5 Å². The number of para-hydroxylation sites is 1. The zero-order chi connectivity index (χ0) is 16.2. The quantitative estimate of drug-likeness (QED) is 0.428. The number of thiophene rings is 1. The van der Waals surface area contributed by atoms with Crippen molar-refractivity contribution in [3.05, 3.63) is 63.1 Å². The third-order valence-electron chi connectivity index (χ3n) is 3.21. The molecule has 0 atom stereocenters. The molecule has 0 aliphatic heterocycles. The van der Waals surface area contributed by atoms with Gasteiger partial charge in [0.1, 0.15) is 0 Å². The maximum absolute atomic E-state index is 11.9. The number of hydrogen-bond acceptors (Lipinski definition) is 5. The molecule has 1 amide bonds. The number of hydrogen-bond donors (Lipinski definition) is 2. The SMILES string of the molecule is O=C(Cc1c[nH]c2ccccc12)N/N=C/c1csc([N+](=O)[O-])c1. The first-order valence-electron chi connectivity index (χ1n) is 6.73. The van der Waals surface area contributed by atoms with Gasteiger partial charge in [0.2, 0.25) is 5.91 Å². The van der Waals surface area contributed by atoms with Crippen molar-refractivity contribution in [1.29, 1.82) is 0 Å². The minimum atomic E-state index is -0.461. The number of benzene rings is 1. The molecule has 0 fully saturated rings. The molecule has 0 aliphatic carbocycles. The number of fused-ring (bicyclic) bond motifs is 1. The molecule has 2 heterocycles. The molecule has 0 saturated heterocycles. The van der Waals surface area contributed by atoms with E-state index in [4.69, 9.17) is 0 Å². The van der Waals surface area contributed by atoms with E-state index in [1.807, 2.05) is 24.3 Å². The summed E-state index contributed by atoms with van der Waals surface area (Å²) in [5.74, 6) is -0.254. The number of aromatic amines is 1. The van der Waals surface area contributed by atoms with Crippen molar-refractivity contribution in [3.8, 4) is 0 Å². The molecule has 0 bridgehead atoms. The first-order valence-corrected chi connectivity index (χ1v) is 7.61. The standard InChI is InChI=1S/C15H12N4O3S/c20-14(6-11-8-16-13-4-2-1-3-12(11)13)18-17-7-10-5-15(19(21)22)23-9-10/h1-5,7-9,16H,6H2,(H,18,20)/b17-7+. The number of carbonyl (C=O) groups is 1. The average molecular weight is 328 g/mol. The molecular formula is C15H12N4O3S. The Labute approximate surface area is 134 Å². The number of rotatable bonds is 5. The lowest BCUT2D eigenvalue weighted by molar-refractivity contribution is -0.380. The third kappa shape index (κ3) is 3.43. The second-order valence-electron chi connectivity index (χ2n) is 4.80. The van der Waals surface area contributed by atoms with Crippen molar-refractivity contribution in [2.24, 2.45) is 5.10 Å². The van der Waals surface area contributed by atoms with Crippen LogP contribution in [0.25, 0.3) is 10.9 Å². The van der Waals surface area contributed by atoms with Crippen LogP contribution in [0.15, 0.2) is 47.0 Å². The zero-order valence-electron chi connectivity index (χ0n) is 11.9. The summed E-state index contributed by atoms with van der Waals surface area (Å²) in [4.78, 5) is 25.1. The van der Waals surface area contributed by atoms with E-state index in [1.165, 1.54) is 12.3 Å². The van der Waals surface area contributed by atoms with E-state index in [9.17, 15) is 14.9 Å². The number of nitro groups is 1. The van der Waals surface area contributed by atoms with Crippen molar-refractivity contribution in [2.75, 3.05) is 0 Å². The van der Waals surface area contributed by atoms with Gasteiger partial charge in [0.15, 0.2) is 0 Å². The highest BCUT2D eigenvalue weighted by molar-refractivity contribution is 7.13. The number of aromatic nitrogens is 1. The maximum atomic E-state index is 11.9. The molecule has 2 aromatic heterocycles. The fraction of sp³-hybridized carbons (Fsp3) is 0.0667. The Morgan fingerprint density at radius 1 is 1.43 bits per heavy atom. The smallest absolute Gasteiger partial charge is 0.324 e. The normalized spacial score (nSPS) is 11.1. The van der Waals surface area contributed by atoms with Gasteiger partial charge in [-0.15, -0.1) is 0 Å². The van der Waals surface area contributed by atoms with Gasteiger partial charge in [-0.25, -0.2) is 5.43 Å². The topological polar surface area (TPSA) is 100 Å².